The molecule has 1 aromatic carbocycles. The Kier molecular flexibility index (Phi) is 6.81. The van der Waals surface area contributed by atoms with Gasteiger partial charge in [0, 0.05) is 29.6 Å². The van der Waals surface area contributed by atoms with Crippen LogP contribution in [0.3, 0.4) is 0 Å². The van der Waals surface area contributed by atoms with Crippen molar-refractivity contribution < 1.29 is 22.7 Å². The minimum Gasteiger partial charge on any atom is -0.497 e. The summed E-state index contributed by atoms with van der Waals surface area (Å²) in [6, 6.07) is 9.36. The van der Waals surface area contributed by atoms with Crippen molar-refractivity contribution in [1.29, 1.82) is 0 Å². The second-order valence-corrected chi connectivity index (χ2v) is 9.95. The average molecular weight is 439 g/mol. The molecule has 0 spiro atoms. The number of rotatable bonds is 8. The van der Waals surface area contributed by atoms with Gasteiger partial charge in [-0.05, 0) is 43.5 Å². The first kappa shape index (κ1) is 21.6. The minimum atomic E-state index is -3.21. The van der Waals surface area contributed by atoms with Crippen LogP contribution in [0, 0.1) is 0 Å². The number of thiophene rings is 1. The number of likely N-dealkylation sites (tertiary alicyclic amines) is 1. The van der Waals surface area contributed by atoms with Crippen LogP contribution in [0.1, 0.15) is 39.0 Å². The molecule has 1 amide bonds. The summed E-state index contributed by atoms with van der Waals surface area (Å²) in [6.45, 7) is 1.02. The molecule has 7 nitrogen and oxygen atoms in total. The lowest BCUT2D eigenvalue weighted by atomic mass is 10.0. The predicted octanol–water partition coefficient (Wildman–Crippen LogP) is 2.83. The highest BCUT2D eigenvalue weighted by atomic mass is 32.2. The van der Waals surface area contributed by atoms with Crippen LogP contribution < -0.4 is 14.2 Å². The maximum absolute atomic E-state index is 13.2. The third-order valence-electron chi connectivity index (χ3n) is 4.92. The summed E-state index contributed by atoms with van der Waals surface area (Å²) >= 11 is 1.41. The molecule has 0 bridgehead atoms. The predicted molar refractivity (Wildman–Crippen MR) is 113 cm³/mol. The Morgan fingerprint density at radius 2 is 2.03 bits per heavy atom. The Bertz CT molecular complexity index is 971. The van der Waals surface area contributed by atoms with E-state index in [0.29, 0.717) is 35.9 Å². The number of carbonyl (C=O) groups excluding carboxylic acids is 1. The Labute approximate surface area is 175 Å². The Balaban J connectivity index is 1.74. The molecule has 1 aromatic heterocycles. The molecule has 0 saturated carbocycles. The van der Waals surface area contributed by atoms with Gasteiger partial charge < -0.3 is 14.4 Å². The zero-order valence-corrected chi connectivity index (χ0v) is 18.4. The lowest BCUT2D eigenvalue weighted by molar-refractivity contribution is 0.0739. The van der Waals surface area contributed by atoms with Crippen molar-refractivity contribution in [3.05, 3.63) is 45.6 Å². The molecule has 1 fully saturated rings. The second-order valence-electron chi connectivity index (χ2n) is 6.95. The lowest BCUT2D eigenvalue weighted by Gasteiger charge is -2.26. The summed E-state index contributed by atoms with van der Waals surface area (Å²) < 4.78 is 35.7. The van der Waals surface area contributed by atoms with Crippen LogP contribution >= 0.6 is 11.3 Å². The normalized spacial score (nSPS) is 16.8. The summed E-state index contributed by atoms with van der Waals surface area (Å²) in [5, 5.41) is 0. The Morgan fingerprint density at radius 3 is 2.72 bits per heavy atom. The van der Waals surface area contributed by atoms with Gasteiger partial charge in [-0.3, -0.25) is 4.79 Å². The van der Waals surface area contributed by atoms with Crippen LogP contribution in [0.4, 0.5) is 0 Å². The van der Waals surface area contributed by atoms with E-state index in [1.165, 1.54) is 11.3 Å². The van der Waals surface area contributed by atoms with Gasteiger partial charge in [-0.2, -0.15) is 0 Å². The molecule has 0 radical (unpaired) electrons. The number of benzene rings is 1. The van der Waals surface area contributed by atoms with Gasteiger partial charge >= 0.3 is 0 Å². The second kappa shape index (κ2) is 9.15. The number of hydrogen-bond acceptors (Lipinski definition) is 6. The number of amides is 1. The van der Waals surface area contributed by atoms with E-state index in [9.17, 15) is 13.2 Å². The molecule has 1 unspecified atom stereocenters. The number of sulfonamides is 1. The van der Waals surface area contributed by atoms with Crippen LogP contribution in [0.5, 0.6) is 11.5 Å². The van der Waals surface area contributed by atoms with Gasteiger partial charge in [0.2, 0.25) is 10.0 Å². The highest BCUT2D eigenvalue weighted by Gasteiger charge is 2.33. The molecule has 29 heavy (non-hydrogen) atoms. The van der Waals surface area contributed by atoms with Gasteiger partial charge in [-0.15, -0.1) is 11.3 Å². The van der Waals surface area contributed by atoms with Gasteiger partial charge in [0.25, 0.3) is 5.91 Å². The van der Waals surface area contributed by atoms with Crippen LogP contribution in [-0.2, 0) is 16.4 Å². The number of methoxy groups -OCH3 is 2. The Hall–Kier alpha value is -2.10. The van der Waals surface area contributed by atoms with Crippen molar-refractivity contribution in [1.82, 2.24) is 9.62 Å². The lowest BCUT2D eigenvalue weighted by Crippen LogP contribution is -2.30. The molecule has 158 valence electrons. The number of nitrogens with one attached hydrogen (secondary N) is 1. The fourth-order valence-electron chi connectivity index (χ4n) is 3.56. The van der Waals surface area contributed by atoms with Gasteiger partial charge in [0.05, 0.1) is 31.4 Å². The standard InChI is InChI=1S/C20H26N2O5S2/c1-26-14-6-8-16(18(13-14)27-2)17-5-4-12-22(17)20(23)19-9-7-15(28-19)10-11-21-29(3,24)25/h6-9,13,17,21H,4-5,10-12H2,1-3H3. The zero-order valence-electron chi connectivity index (χ0n) is 16.8. The summed E-state index contributed by atoms with van der Waals surface area (Å²) in [7, 11) is 0.0234. The van der Waals surface area contributed by atoms with E-state index < -0.39 is 10.0 Å². The topological polar surface area (TPSA) is 84.9 Å². The monoisotopic (exact) mass is 438 g/mol. The number of hydrogen-bond donors (Lipinski definition) is 1. The van der Waals surface area contributed by atoms with E-state index in [1.54, 1.807) is 14.2 Å². The molecule has 1 aliphatic rings. The van der Waals surface area contributed by atoms with Crippen LogP contribution in [0.25, 0.3) is 0 Å². The number of nitrogens with zero attached hydrogens (tertiary/aromatic N) is 1. The molecule has 2 aromatic rings. The van der Waals surface area contributed by atoms with Gasteiger partial charge in [0.15, 0.2) is 0 Å². The van der Waals surface area contributed by atoms with Crippen molar-refractivity contribution in [3.8, 4) is 11.5 Å². The fraction of sp³-hybridized carbons (Fsp3) is 0.450. The molecule has 2 heterocycles. The van der Waals surface area contributed by atoms with E-state index in [4.69, 9.17) is 9.47 Å². The van der Waals surface area contributed by atoms with E-state index in [0.717, 1.165) is 29.5 Å². The first-order valence-corrected chi connectivity index (χ1v) is 12.1. The molecule has 1 saturated heterocycles. The van der Waals surface area contributed by atoms with Crippen LogP contribution in [0.2, 0.25) is 0 Å². The molecule has 9 heteroatoms. The SMILES string of the molecule is COc1ccc(C2CCCN2C(=O)c2ccc(CCNS(C)(=O)=O)s2)c(OC)c1. The largest absolute Gasteiger partial charge is 0.497 e. The van der Waals surface area contributed by atoms with E-state index in [1.807, 2.05) is 35.2 Å². The van der Waals surface area contributed by atoms with Crippen molar-refractivity contribution in [2.75, 3.05) is 33.6 Å². The van der Waals surface area contributed by atoms with Crippen molar-refractivity contribution in [2.45, 2.75) is 25.3 Å². The van der Waals surface area contributed by atoms with Crippen molar-refractivity contribution in [2.24, 2.45) is 0 Å². The van der Waals surface area contributed by atoms with E-state index in [2.05, 4.69) is 4.72 Å². The molecule has 3 rings (SSSR count). The van der Waals surface area contributed by atoms with Crippen LogP contribution in [0.15, 0.2) is 30.3 Å². The third kappa shape index (κ3) is 5.29. The summed E-state index contributed by atoms with van der Waals surface area (Å²) in [5.41, 5.74) is 0.980. The molecule has 0 aliphatic carbocycles. The summed E-state index contributed by atoms with van der Waals surface area (Å²) in [5.74, 6) is 1.43. The molecule has 1 aliphatic heterocycles. The highest BCUT2D eigenvalue weighted by Crippen LogP contribution is 2.39. The fourth-order valence-corrected chi connectivity index (χ4v) is 4.99. The molecular weight excluding hydrogens is 412 g/mol. The van der Waals surface area contributed by atoms with Gasteiger partial charge in [0.1, 0.15) is 11.5 Å². The molecule has 1 N–H and O–H groups in total. The van der Waals surface area contributed by atoms with E-state index in [-0.39, 0.29) is 11.9 Å². The van der Waals surface area contributed by atoms with E-state index >= 15 is 0 Å². The van der Waals surface area contributed by atoms with Crippen LogP contribution in [-0.4, -0.2) is 52.8 Å². The Morgan fingerprint density at radius 1 is 1.24 bits per heavy atom. The third-order valence-corrected chi connectivity index (χ3v) is 6.78. The minimum absolute atomic E-state index is 0.00214. The smallest absolute Gasteiger partial charge is 0.264 e. The molecular formula is C20H26N2O5S2. The average Bonchev–Trinajstić information content (AvgIpc) is 3.35. The highest BCUT2D eigenvalue weighted by molar-refractivity contribution is 7.88. The summed E-state index contributed by atoms with van der Waals surface area (Å²) in [4.78, 5) is 16.7. The molecule has 1 atom stereocenters. The maximum atomic E-state index is 13.2. The zero-order chi connectivity index (χ0) is 21.0. The first-order chi connectivity index (χ1) is 13.8. The van der Waals surface area contributed by atoms with Gasteiger partial charge in [-0.1, -0.05) is 0 Å². The quantitative estimate of drug-likeness (QED) is 0.685. The number of carbonyl (C=O) groups is 1. The number of ether oxygens (including phenoxy) is 2. The van der Waals surface area contributed by atoms with Crippen molar-refractivity contribution >= 4 is 27.3 Å². The first-order valence-electron chi connectivity index (χ1n) is 9.38. The van der Waals surface area contributed by atoms with Gasteiger partial charge in [-0.25, -0.2) is 13.1 Å². The van der Waals surface area contributed by atoms with Crippen molar-refractivity contribution in [3.63, 3.8) is 0 Å². The maximum Gasteiger partial charge on any atom is 0.264 e. The summed E-state index contributed by atoms with van der Waals surface area (Å²) in [6.07, 6.45) is 3.51.